The molecule has 1 unspecified atom stereocenters. The highest BCUT2D eigenvalue weighted by atomic mass is 79.9. The molecule has 0 saturated carbocycles. The predicted octanol–water partition coefficient (Wildman–Crippen LogP) is 3.92. The van der Waals surface area contributed by atoms with E-state index in [0.717, 1.165) is 22.2 Å². The molecule has 2 aromatic carbocycles. The SMILES string of the molecule is CC(N)CCNC(=O)c1ccc(COc2ccccc2Br)cc1.Cl. The molecule has 0 bridgehead atoms. The summed E-state index contributed by atoms with van der Waals surface area (Å²) in [6.45, 7) is 2.96. The van der Waals surface area contributed by atoms with Gasteiger partial charge in [0.15, 0.2) is 0 Å². The van der Waals surface area contributed by atoms with Crippen molar-refractivity contribution in [2.75, 3.05) is 6.54 Å². The lowest BCUT2D eigenvalue weighted by atomic mass is 10.1. The highest BCUT2D eigenvalue weighted by molar-refractivity contribution is 9.10. The Hall–Kier alpha value is -1.56. The summed E-state index contributed by atoms with van der Waals surface area (Å²) in [5.74, 6) is 0.717. The number of carbonyl (C=O) groups excluding carboxylic acids is 1. The Labute approximate surface area is 157 Å². The van der Waals surface area contributed by atoms with Gasteiger partial charge in [-0.05, 0) is 59.1 Å². The van der Waals surface area contributed by atoms with Crippen LogP contribution in [-0.2, 0) is 6.61 Å². The molecule has 6 heteroatoms. The lowest BCUT2D eigenvalue weighted by molar-refractivity contribution is 0.0952. The Balaban J connectivity index is 0.00000288. The van der Waals surface area contributed by atoms with Gasteiger partial charge in [0.05, 0.1) is 4.47 Å². The van der Waals surface area contributed by atoms with Crippen LogP contribution in [0.1, 0.15) is 29.3 Å². The minimum Gasteiger partial charge on any atom is -0.488 e. The van der Waals surface area contributed by atoms with E-state index in [1.807, 2.05) is 43.3 Å². The molecule has 0 radical (unpaired) electrons. The molecule has 0 aliphatic heterocycles. The first kappa shape index (κ1) is 20.5. The first-order valence-electron chi connectivity index (χ1n) is 7.56. The van der Waals surface area contributed by atoms with Crippen molar-refractivity contribution < 1.29 is 9.53 Å². The van der Waals surface area contributed by atoms with Crippen LogP contribution in [0.2, 0.25) is 0 Å². The molecule has 0 saturated heterocycles. The second-order valence-corrected chi connectivity index (χ2v) is 6.29. The van der Waals surface area contributed by atoms with Crippen LogP contribution in [0.25, 0.3) is 0 Å². The zero-order valence-electron chi connectivity index (χ0n) is 13.5. The predicted molar refractivity (Wildman–Crippen MR) is 103 cm³/mol. The van der Waals surface area contributed by atoms with Crippen molar-refractivity contribution in [1.29, 1.82) is 0 Å². The maximum atomic E-state index is 12.0. The van der Waals surface area contributed by atoms with Crippen LogP contribution in [0, 0.1) is 0 Å². The number of rotatable bonds is 7. The molecule has 24 heavy (non-hydrogen) atoms. The Morgan fingerprint density at radius 3 is 2.50 bits per heavy atom. The summed E-state index contributed by atoms with van der Waals surface area (Å²) < 4.78 is 6.67. The quantitative estimate of drug-likeness (QED) is 0.723. The van der Waals surface area contributed by atoms with E-state index in [-0.39, 0.29) is 24.4 Å². The standard InChI is InChI=1S/C18H21BrN2O2.ClH/c1-13(20)10-11-21-18(22)15-8-6-14(7-9-15)12-23-17-5-3-2-4-16(17)19;/h2-9,13H,10-12,20H2,1H3,(H,21,22);1H. The van der Waals surface area contributed by atoms with Crippen molar-refractivity contribution in [2.24, 2.45) is 5.73 Å². The second-order valence-electron chi connectivity index (χ2n) is 5.44. The summed E-state index contributed by atoms with van der Waals surface area (Å²) in [4.78, 5) is 12.0. The number of hydrogen-bond acceptors (Lipinski definition) is 3. The van der Waals surface area contributed by atoms with E-state index in [9.17, 15) is 4.79 Å². The highest BCUT2D eigenvalue weighted by Gasteiger charge is 2.06. The van der Waals surface area contributed by atoms with E-state index in [1.165, 1.54) is 0 Å². The molecule has 0 aromatic heterocycles. The molecule has 0 spiro atoms. The van der Waals surface area contributed by atoms with Crippen molar-refractivity contribution >= 4 is 34.2 Å². The number of amides is 1. The van der Waals surface area contributed by atoms with Crippen LogP contribution in [0.4, 0.5) is 0 Å². The number of hydrogen-bond donors (Lipinski definition) is 2. The minimum atomic E-state index is -0.0797. The fourth-order valence-corrected chi connectivity index (χ4v) is 2.39. The largest absolute Gasteiger partial charge is 0.488 e. The molecule has 0 aliphatic carbocycles. The van der Waals surface area contributed by atoms with E-state index in [1.54, 1.807) is 12.1 Å². The lowest BCUT2D eigenvalue weighted by Gasteiger charge is -2.09. The number of ether oxygens (including phenoxy) is 1. The van der Waals surface area contributed by atoms with E-state index >= 15 is 0 Å². The van der Waals surface area contributed by atoms with E-state index in [0.29, 0.717) is 18.7 Å². The Kier molecular flexibility index (Phi) is 8.82. The van der Waals surface area contributed by atoms with Crippen molar-refractivity contribution in [3.8, 4) is 5.75 Å². The van der Waals surface area contributed by atoms with Gasteiger partial charge in [-0.15, -0.1) is 12.4 Å². The van der Waals surface area contributed by atoms with E-state index < -0.39 is 0 Å². The fraction of sp³-hybridized carbons (Fsp3) is 0.278. The first-order valence-corrected chi connectivity index (χ1v) is 8.35. The molecule has 130 valence electrons. The first-order chi connectivity index (χ1) is 11.1. The highest BCUT2D eigenvalue weighted by Crippen LogP contribution is 2.24. The summed E-state index contributed by atoms with van der Waals surface area (Å²) in [5, 5.41) is 2.86. The molecule has 2 aromatic rings. The number of benzene rings is 2. The molecular formula is C18H22BrClN2O2. The second kappa shape index (κ2) is 10.3. The van der Waals surface area contributed by atoms with Gasteiger partial charge < -0.3 is 15.8 Å². The third kappa shape index (κ3) is 6.51. The van der Waals surface area contributed by atoms with Crippen molar-refractivity contribution in [3.63, 3.8) is 0 Å². The zero-order valence-corrected chi connectivity index (χ0v) is 15.9. The summed E-state index contributed by atoms with van der Waals surface area (Å²) >= 11 is 3.45. The Bertz CT molecular complexity index is 648. The van der Waals surface area contributed by atoms with E-state index in [4.69, 9.17) is 10.5 Å². The van der Waals surface area contributed by atoms with Crippen LogP contribution in [0.15, 0.2) is 53.0 Å². The van der Waals surface area contributed by atoms with Crippen molar-refractivity contribution in [2.45, 2.75) is 26.0 Å². The average molecular weight is 414 g/mol. The molecule has 0 heterocycles. The number of carbonyl (C=O) groups is 1. The molecule has 2 rings (SSSR count). The summed E-state index contributed by atoms with van der Waals surface area (Å²) in [6, 6.07) is 15.2. The average Bonchev–Trinajstić information content (AvgIpc) is 2.54. The van der Waals surface area contributed by atoms with Crippen molar-refractivity contribution in [3.05, 3.63) is 64.1 Å². The van der Waals surface area contributed by atoms with Gasteiger partial charge in [0.1, 0.15) is 12.4 Å². The van der Waals surface area contributed by atoms with Gasteiger partial charge in [0.2, 0.25) is 0 Å². The number of nitrogens with one attached hydrogen (secondary N) is 1. The lowest BCUT2D eigenvalue weighted by Crippen LogP contribution is -2.28. The Morgan fingerprint density at radius 1 is 1.21 bits per heavy atom. The topological polar surface area (TPSA) is 64.3 Å². The smallest absolute Gasteiger partial charge is 0.251 e. The number of nitrogens with two attached hydrogens (primary N) is 1. The van der Waals surface area contributed by atoms with Crippen LogP contribution >= 0.6 is 28.3 Å². The third-order valence-electron chi connectivity index (χ3n) is 3.33. The van der Waals surface area contributed by atoms with Gasteiger partial charge in [0.25, 0.3) is 5.91 Å². The molecule has 0 aliphatic rings. The van der Waals surface area contributed by atoms with Gasteiger partial charge in [-0.1, -0.05) is 24.3 Å². The Morgan fingerprint density at radius 2 is 1.88 bits per heavy atom. The molecule has 1 atom stereocenters. The van der Waals surface area contributed by atoms with Crippen molar-refractivity contribution in [1.82, 2.24) is 5.32 Å². The van der Waals surface area contributed by atoms with Gasteiger partial charge >= 0.3 is 0 Å². The molecule has 1 amide bonds. The van der Waals surface area contributed by atoms with E-state index in [2.05, 4.69) is 21.2 Å². The maximum absolute atomic E-state index is 12.0. The molecule has 0 fully saturated rings. The normalized spacial score (nSPS) is 11.3. The van der Waals surface area contributed by atoms with Gasteiger partial charge in [0, 0.05) is 18.2 Å². The van der Waals surface area contributed by atoms with Gasteiger partial charge in [-0.2, -0.15) is 0 Å². The monoisotopic (exact) mass is 412 g/mol. The van der Waals surface area contributed by atoms with Crippen LogP contribution in [0.5, 0.6) is 5.75 Å². The summed E-state index contributed by atoms with van der Waals surface area (Å²) in [5.41, 5.74) is 7.31. The number of halogens is 2. The third-order valence-corrected chi connectivity index (χ3v) is 3.99. The minimum absolute atomic E-state index is 0. The van der Waals surface area contributed by atoms with Crippen LogP contribution < -0.4 is 15.8 Å². The van der Waals surface area contributed by atoms with Gasteiger partial charge in [-0.25, -0.2) is 0 Å². The van der Waals surface area contributed by atoms with Gasteiger partial charge in [-0.3, -0.25) is 4.79 Å². The molecular weight excluding hydrogens is 392 g/mol. The maximum Gasteiger partial charge on any atom is 0.251 e. The van der Waals surface area contributed by atoms with Crippen LogP contribution in [-0.4, -0.2) is 18.5 Å². The number of para-hydroxylation sites is 1. The summed E-state index contributed by atoms with van der Waals surface area (Å²) in [7, 11) is 0. The molecule has 4 nitrogen and oxygen atoms in total. The molecule has 3 N–H and O–H groups in total. The summed E-state index contributed by atoms with van der Waals surface area (Å²) in [6.07, 6.45) is 0.767. The fourth-order valence-electron chi connectivity index (χ4n) is 1.99. The van der Waals surface area contributed by atoms with Crippen LogP contribution in [0.3, 0.4) is 0 Å². The zero-order chi connectivity index (χ0) is 16.7.